The summed E-state index contributed by atoms with van der Waals surface area (Å²) in [4.78, 5) is 24.5. The van der Waals surface area contributed by atoms with Crippen LogP contribution in [-0.2, 0) is 4.79 Å². The highest BCUT2D eigenvalue weighted by Gasteiger charge is 2.39. The molecule has 1 aliphatic carbocycles. The monoisotopic (exact) mass is 318 g/mol. The van der Waals surface area contributed by atoms with Crippen LogP contribution in [-0.4, -0.2) is 30.6 Å². The number of ether oxygens (including phenoxy) is 2. The summed E-state index contributed by atoms with van der Waals surface area (Å²) >= 11 is 0. The van der Waals surface area contributed by atoms with Crippen LogP contribution >= 0.6 is 0 Å². The zero-order chi connectivity index (χ0) is 16.3. The molecule has 0 saturated heterocycles. The van der Waals surface area contributed by atoms with E-state index in [4.69, 9.17) is 15.2 Å². The molecule has 124 valence electrons. The van der Waals surface area contributed by atoms with Gasteiger partial charge in [-0.25, -0.2) is 0 Å². The molecule has 1 heterocycles. The summed E-state index contributed by atoms with van der Waals surface area (Å²) in [7, 11) is 0. The van der Waals surface area contributed by atoms with Gasteiger partial charge in [0, 0.05) is 12.0 Å². The van der Waals surface area contributed by atoms with Crippen LogP contribution in [0.4, 0.5) is 0 Å². The van der Waals surface area contributed by atoms with Gasteiger partial charge in [0.15, 0.2) is 11.5 Å². The first-order valence-electron chi connectivity index (χ1n) is 8.13. The highest BCUT2D eigenvalue weighted by Crippen LogP contribution is 2.32. The molecule has 0 aromatic heterocycles. The Morgan fingerprint density at radius 3 is 2.39 bits per heavy atom. The molecule has 0 radical (unpaired) electrons. The van der Waals surface area contributed by atoms with Gasteiger partial charge in [0.2, 0.25) is 5.91 Å². The summed E-state index contributed by atoms with van der Waals surface area (Å²) in [5.74, 6) is 0.439. The number of rotatable bonds is 3. The van der Waals surface area contributed by atoms with E-state index in [0.717, 1.165) is 25.7 Å². The number of hydrogen-bond acceptors (Lipinski definition) is 4. The van der Waals surface area contributed by atoms with E-state index in [9.17, 15) is 9.59 Å². The fourth-order valence-corrected chi connectivity index (χ4v) is 3.18. The molecule has 1 saturated carbocycles. The Morgan fingerprint density at radius 1 is 1.00 bits per heavy atom. The van der Waals surface area contributed by atoms with Crippen LogP contribution in [0.5, 0.6) is 11.5 Å². The molecule has 6 heteroatoms. The maximum Gasteiger partial charge on any atom is 0.252 e. The van der Waals surface area contributed by atoms with Gasteiger partial charge in [0.25, 0.3) is 5.91 Å². The summed E-state index contributed by atoms with van der Waals surface area (Å²) < 4.78 is 11.2. The average Bonchev–Trinajstić information content (AvgIpc) is 2.80. The molecule has 3 N–H and O–H groups in total. The van der Waals surface area contributed by atoms with E-state index in [2.05, 4.69) is 5.32 Å². The van der Waals surface area contributed by atoms with Crippen molar-refractivity contribution in [2.24, 2.45) is 5.73 Å². The zero-order valence-electron chi connectivity index (χ0n) is 13.1. The van der Waals surface area contributed by atoms with Gasteiger partial charge in [-0.1, -0.05) is 19.3 Å². The maximum absolute atomic E-state index is 12.6. The molecule has 1 aromatic carbocycles. The third kappa shape index (κ3) is 3.25. The molecule has 0 atom stereocenters. The standard InChI is InChI=1S/C17H22N2O4/c18-16(21)17(7-2-1-3-8-17)19-15(20)12-5-6-13-14(11-12)23-10-4-9-22-13/h5-6,11H,1-4,7-10H2,(H2,18,21)(H,19,20). The van der Waals surface area contributed by atoms with E-state index < -0.39 is 11.4 Å². The average molecular weight is 318 g/mol. The largest absolute Gasteiger partial charge is 0.490 e. The second-order valence-corrected chi connectivity index (χ2v) is 6.17. The molecular weight excluding hydrogens is 296 g/mol. The second kappa shape index (κ2) is 6.48. The van der Waals surface area contributed by atoms with Crippen LogP contribution in [0.1, 0.15) is 48.9 Å². The minimum absolute atomic E-state index is 0.304. The van der Waals surface area contributed by atoms with Gasteiger partial charge < -0.3 is 20.5 Å². The molecule has 0 bridgehead atoms. The lowest BCUT2D eigenvalue weighted by molar-refractivity contribution is -0.125. The molecule has 1 aromatic rings. The van der Waals surface area contributed by atoms with E-state index in [1.54, 1.807) is 18.2 Å². The molecule has 1 aliphatic heterocycles. The lowest BCUT2D eigenvalue weighted by atomic mass is 9.81. The molecular formula is C17H22N2O4. The van der Waals surface area contributed by atoms with Crippen LogP contribution in [0.3, 0.4) is 0 Å². The number of amides is 2. The molecule has 1 fully saturated rings. The first-order chi connectivity index (χ1) is 11.1. The van der Waals surface area contributed by atoms with Crippen molar-refractivity contribution in [3.05, 3.63) is 23.8 Å². The number of carbonyl (C=O) groups is 2. The van der Waals surface area contributed by atoms with Crippen molar-refractivity contribution >= 4 is 11.8 Å². The Bertz CT molecular complexity index is 609. The fraction of sp³-hybridized carbons (Fsp3) is 0.529. The normalized spacial score (nSPS) is 19.5. The third-order valence-corrected chi connectivity index (χ3v) is 4.54. The molecule has 6 nitrogen and oxygen atoms in total. The van der Waals surface area contributed by atoms with Crippen molar-refractivity contribution in [1.29, 1.82) is 0 Å². The Kier molecular flexibility index (Phi) is 4.41. The van der Waals surface area contributed by atoms with Crippen LogP contribution in [0.25, 0.3) is 0 Å². The number of fused-ring (bicyclic) bond motifs is 1. The van der Waals surface area contributed by atoms with Gasteiger partial charge in [-0.15, -0.1) is 0 Å². The Balaban J connectivity index is 1.79. The van der Waals surface area contributed by atoms with Crippen LogP contribution < -0.4 is 20.5 Å². The molecule has 23 heavy (non-hydrogen) atoms. The summed E-state index contributed by atoms with van der Waals surface area (Å²) in [6.45, 7) is 1.16. The lowest BCUT2D eigenvalue weighted by Gasteiger charge is -2.35. The highest BCUT2D eigenvalue weighted by molar-refractivity contribution is 5.99. The van der Waals surface area contributed by atoms with Crippen molar-refractivity contribution in [3.8, 4) is 11.5 Å². The van der Waals surface area contributed by atoms with Crippen LogP contribution in [0.15, 0.2) is 18.2 Å². The number of primary amides is 1. The van der Waals surface area contributed by atoms with Gasteiger partial charge >= 0.3 is 0 Å². The van der Waals surface area contributed by atoms with Crippen molar-refractivity contribution in [2.45, 2.75) is 44.1 Å². The van der Waals surface area contributed by atoms with E-state index in [1.165, 1.54) is 0 Å². The minimum atomic E-state index is -0.931. The van der Waals surface area contributed by atoms with Gasteiger partial charge in [0.1, 0.15) is 5.54 Å². The zero-order valence-corrected chi connectivity index (χ0v) is 13.1. The predicted octanol–water partition coefficient (Wildman–Crippen LogP) is 1.77. The number of carbonyl (C=O) groups excluding carboxylic acids is 2. The molecule has 2 amide bonds. The second-order valence-electron chi connectivity index (χ2n) is 6.17. The van der Waals surface area contributed by atoms with Gasteiger partial charge in [-0.2, -0.15) is 0 Å². The summed E-state index contributed by atoms with van der Waals surface area (Å²) in [6, 6.07) is 5.07. The van der Waals surface area contributed by atoms with Crippen LogP contribution in [0.2, 0.25) is 0 Å². The van der Waals surface area contributed by atoms with E-state index in [1.807, 2.05) is 0 Å². The summed E-state index contributed by atoms with van der Waals surface area (Å²) in [6.07, 6.45) is 4.85. The topological polar surface area (TPSA) is 90.7 Å². The maximum atomic E-state index is 12.6. The van der Waals surface area contributed by atoms with E-state index in [0.29, 0.717) is 43.1 Å². The number of hydrogen-bond donors (Lipinski definition) is 2. The Hall–Kier alpha value is -2.24. The molecule has 0 spiro atoms. The quantitative estimate of drug-likeness (QED) is 0.888. The van der Waals surface area contributed by atoms with Crippen molar-refractivity contribution in [3.63, 3.8) is 0 Å². The van der Waals surface area contributed by atoms with Crippen LogP contribution in [0, 0.1) is 0 Å². The first kappa shape index (κ1) is 15.6. The predicted molar refractivity (Wildman–Crippen MR) is 84.5 cm³/mol. The van der Waals surface area contributed by atoms with E-state index in [-0.39, 0.29) is 5.91 Å². The number of nitrogens with one attached hydrogen (secondary N) is 1. The highest BCUT2D eigenvalue weighted by atomic mass is 16.5. The Labute approximate surface area is 135 Å². The third-order valence-electron chi connectivity index (χ3n) is 4.54. The summed E-state index contributed by atoms with van der Waals surface area (Å²) in [5.41, 5.74) is 5.08. The molecule has 0 unspecified atom stereocenters. The van der Waals surface area contributed by atoms with Crippen molar-refractivity contribution < 1.29 is 19.1 Å². The minimum Gasteiger partial charge on any atom is -0.490 e. The Morgan fingerprint density at radius 2 is 1.70 bits per heavy atom. The molecule has 3 rings (SSSR count). The SMILES string of the molecule is NC(=O)C1(NC(=O)c2ccc3c(c2)OCCCO3)CCCCC1. The smallest absolute Gasteiger partial charge is 0.252 e. The van der Waals surface area contributed by atoms with Gasteiger partial charge in [0.05, 0.1) is 13.2 Å². The van der Waals surface area contributed by atoms with Gasteiger partial charge in [-0.3, -0.25) is 9.59 Å². The fourth-order valence-electron chi connectivity index (χ4n) is 3.18. The number of nitrogens with two attached hydrogens (primary N) is 1. The first-order valence-corrected chi connectivity index (χ1v) is 8.13. The lowest BCUT2D eigenvalue weighted by Crippen LogP contribution is -2.58. The van der Waals surface area contributed by atoms with Gasteiger partial charge in [-0.05, 0) is 31.0 Å². The molecule has 2 aliphatic rings. The number of benzene rings is 1. The van der Waals surface area contributed by atoms with Crippen molar-refractivity contribution in [1.82, 2.24) is 5.32 Å². The summed E-state index contributed by atoms with van der Waals surface area (Å²) in [5, 5.41) is 2.86. The van der Waals surface area contributed by atoms with Crippen molar-refractivity contribution in [2.75, 3.05) is 13.2 Å². The van der Waals surface area contributed by atoms with E-state index >= 15 is 0 Å².